The van der Waals surface area contributed by atoms with Gasteiger partial charge in [-0.15, -0.1) is 0 Å². The Labute approximate surface area is 174 Å². The molecule has 1 saturated heterocycles. The number of likely N-dealkylation sites (tertiary alicyclic amines) is 1. The molecule has 0 aliphatic carbocycles. The first kappa shape index (κ1) is 19.7. The van der Waals surface area contributed by atoms with Crippen LogP contribution in [0.4, 0.5) is 0 Å². The number of piperidine rings is 1. The molecule has 29 heavy (non-hydrogen) atoms. The number of halogens is 1. The summed E-state index contributed by atoms with van der Waals surface area (Å²) in [4.78, 5) is 14.6. The van der Waals surface area contributed by atoms with E-state index < -0.39 is 15.1 Å². The number of nitrogens with zero attached hydrogens (tertiary/aromatic N) is 2. The zero-order valence-corrected chi connectivity index (χ0v) is 17.1. The summed E-state index contributed by atoms with van der Waals surface area (Å²) in [5, 5.41) is 3.86. The van der Waals surface area contributed by atoms with Gasteiger partial charge in [0, 0.05) is 29.7 Å². The van der Waals surface area contributed by atoms with Gasteiger partial charge in [-0.25, -0.2) is 8.42 Å². The van der Waals surface area contributed by atoms with Gasteiger partial charge in [-0.05, 0) is 37.1 Å². The van der Waals surface area contributed by atoms with Crippen molar-refractivity contribution >= 4 is 27.3 Å². The number of carbonyl (C=O) groups is 1. The van der Waals surface area contributed by atoms with Crippen molar-refractivity contribution in [3.05, 3.63) is 71.4 Å². The van der Waals surface area contributed by atoms with E-state index in [1.165, 1.54) is 12.1 Å². The van der Waals surface area contributed by atoms with Crippen LogP contribution in [0.3, 0.4) is 0 Å². The Kier molecular flexibility index (Phi) is 5.43. The number of hydrogen-bond donors (Lipinski definition) is 0. The number of hydrogen-bond acceptors (Lipinski definition) is 5. The number of sulfone groups is 1. The lowest BCUT2D eigenvalue weighted by molar-refractivity contribution is 0.0715. The molecule has 1 aliphatic rings. The molecule has 2 heterocycles. The van der Waals surface area contributed by atoms with Crippen LogP contribution in [0.5, 0.6) is 0 Å². The first-order valence-electron chi connectivity index (χ1n) is 9.26. The van der Waals surface area contributed by atoms with Crippen LogP contribution in [0.2, 0.25) is 5.02 Å². The second-order valence-electron chi connectivity index (χ2n) is 6.93. The third-order valence-corrected chi connectivity index (χ3v) is 7.63. The Bertz CT molecular complexity index is 1100. The number of rotatable bonds is 4. The number of carbonyl (C=O) groups excluding carboxylic acids is 1. The summed E-state index contributed by atoms with van der Waals surface area (Å²) >= 11 is 5.85. The van der Waals surface area contributed by atoms with Crippen LogP contribution in [0, 0.1) is 0 Å². The number of aromatic nitrogens is 1. The fourth-order valence-electron chi connectivity index (χ4n) is 3.46. The topological polar surface area (TPSA) is 80.5 Å². The van der Waals surface area contributed by atoms with Crippen LogP contribution in [0.25, 0.3) is 11.3 Å². The molecule has 8 heteroatoms. The molecule has 0 N–H and O–H groups in total. The molecule has 2 aromatic carbocycles. The van der Waals surface area contributed by atoms with E-state index in [1.54, 1.807) is 23.1 Å². The summed E-state index contributed by atoms with van der Waals surface area (Å²) in [6.07, 6.45) is 0.750. The molecule has 6 nitrogen and oxygen atoms in total. The van der Waals surface area contributed by atoms with Crippen molar-refractivity contribution in [2.75, 3.05) is 13.1 Å². The molecule has 1 aromatic heterocycles. The summed E-state index contributed by atoms with van der Waals surface area (Å²) in [6.45, 7) is 0.702. The van der Waals surface area contributed by atoms with E-state index in [2.05, 4.69) is 5.16 Å². The smallest absolute Gasteiger partial charge is 0.276 e. The molecular weight excluding hydrogens is 412 g/mol. The monoisotopic (exact) mass is 430 g/mol. The van der Waals surface area contributed by atoms with Crippen LogP contribution in [0.1, 0.15) is 23.3 Å². The van der Waals surface area contributed by atoms with Crippen molar-refractivity contribution in [2.45, 2.75) is 23.0 Å². The van der Waals surface area contributed by atoms with Crippen molar-refractivity contribution in [3.63, 3.8) is 0 Å². The van der Waals surface area contributed by atoms with Gasteiger partial charge >= 0.3 is 0 Å². The molecule has 3 aromatic rings. The quantitative estimate of drug-likeness (QED) is 0.623. The predicted molar refractivity (Wildman–Crippen MR) is 110 cm³/mol. The third-order valence-electron chi connectivity index (χ3n) is 5.10. The molecule has 0 saturated carbocycles. The fraction of sp³-hybridized carbons (Fsp3) is 0.238. The van der Waals surface area contributed by atoms with E-state index in [0.29, 0.717) is 36.7 Å². The highest BCUT2D eigenvalue weighted by molar-refractivity contribution is 7.92. The first-order valence-corrected chi connectivity index (χ1v) is 11.2. The summed E-state index contributed by atoms with van der Waals surface area (Å²) in [5.41, 5.74) is 1.06. The molecule has 1 fully saturated rings. The maximum absolute atomic E-state index is 12.8. The lowest BCUT2D eigenvalue weighted by Crippen LogP contribution is -2.42. The van der Waals surface area contributed by atoms with E-state index in [9.17, 15) is 13.2 Å². The third kappa shape index (κ3) is 4.06. The van der Waals surface area contributed by atoms with E-state index >= 15 is 0 Å². The summed E-state index contributed by atoms with van der Waals surface area (Å²) in [5.74, 6) is 0.271. The molecule has 0 bridgehead atoms. The second-order valence-corrected chi connectivity index (χ2v) is 9.60. The van der Waals surface area contributed by atoms with Crippen LogP contribution >= 0.6 is 11.6 Å². The van der Waals surface area contributed by atoms with Gasteiger partial charge in [-0.2, -0.15) is 0 Å². The average Bonchev–Trinajstić information content (AvgIpc) is 3.24. The maximum Gasteiger partial charge on any atom is 0.276 e. The standard InChI is InChI=1S/C21H19ClN2O4S/c22-16-6-8-17(9-7-16)29(26,27)18-10-12-24(13-11-18)21(25)19-14-20(28-23-19)15-4-2-1-3-5-15/h1-9,14,18H,10-13H2. The van der Waals surface area contributed by atoms with Gasteiger partial charge in [0.1, 0.15) is 0 Å². The second kappa shape index (κ2) is 8.00. The molecule has 0 radical (unpaired) electrons. The fourth-order valence-corrected chi connectivity index (χ4v) is 5.32. The normalized spacial score (nSPS) is 15.4. The van der Waals surface area contributed by atoms with Gasteiger partial charge in [0.25, 0.3) is 5.91 Å². The SMILES string of the molecule is O=C(c1cc(-c2ccccc2)on1)N1CCC(S(=O)(=O)c2ccc(Cl)cc2)CC1. The Morgan fingerprint density at radius 3 is 2.34 bits per heavy atom. The van der Waals surface area contributed by atoms with Crippen molar-refractivity contribution in [1.29, 1.82) is 0 Å². The lowest BCUT2D eigenvalue weighted by Gasteiger charge is -2.31. The summed E-state index contributed by atoms with van der Waals surface area (Å²) < 4.78 is 31.0. The van der Waals surface area contributed by atoms with E-state index in [1.807, 2.05) is 30.3 Å². The van der Waals surface area contributed by atoms with Gasteiger partial charge in [-0.3, -0.25) is 4.79 Å². The highest BCUT2D eigenvalue weighted by Gasteiger charge is 2.33. The van der Waals surface area contributed by atoms with Crippen molar-refractivity contribution < 1.29 is 17.7 Å². The molecule has 1 aliphatic heterocycles. The lowest BCUT2D eigenvalue weighted by atomic mass is 10.1. The van der Waals surface area contributed by atoms with E-state index in [-0.39, 0.29) is 16.5 Å². The molecule has 0 atom stereocenters. The van der Waals surface area contributed by atoms with E-state index in [4.69, 9.17) is 16.1 Å². The maximum atomic E-state index is 12.8. The van der Waals surface area contributed by atoms with Gasteiger partial charge in [0.05, 0.1) is 10.1 Å². The first-order chi connectivity index (χ1) is 13.9. The largest absolute Gasteiger partial charge is 0.355 e. The minimum Gasteiger partial charge on any atom is -0.355 e. The number of benzene rings is 2. The van der Waals surface area contributed by atoms with Gasteiger partial charge in [0.2, 0.25) is 0 Å². The van der Waals surface area contributed by atoms with Crippen LogP contribution in [-0.4, -0.2) is 42.7 Å². The highest BCUT2D eigenvalue weighted by Crippen LogP contribution is 2.27. The minimum absolute atomic E-state index is 0.225. The molecule has 1 amide bonds. The van der Waals surface area contributed by atoms with Crippen LogP contribution in [0.15, 0.2) is 70.1 Å². The number of amides is 1. The van der Waals surface area contributed by atoms with Crippen LogP contribution < -0.4 is 0 Å². The zero-order chi connectivity index (χ0) is 20.4. The Morgan fingerprint density at radius 1 is 1.03 bits per heavy atom. The van der Waals surface area contributed by atoms with Gasteiger partial charge < -0.3 is 9.42 Å². The minimum atomic E-state index is -3.46. The Morgan fingerprint density at radius 2 is 1.69 bits per heavy atom. The molecule has 0 unspecified atom stereocenters. The van der Waals surface area contributed by atoms with Gasteiger partial charge in [0.15, 0.2) is 21.3 Å². The van der Waals surface area contributed by atoms with E-state index in [0.717, 1.165) is 5.56 Å². The average molecular weight is 431 g/mol. The molecule has 0 spiro atoms. The molecule has 150 valence electrons. The highest BCUT2D eigenvalue weighted by atomic mass is 35.5. The Balaban J connectivity index is 1.42. The summed E-state index contributed by atoms with van der Waals surface area (Å²) in [6, 6.07) is 17.2. The van der Waals surface area contributed by atoms with Crippen molar-refractivity contribution in [1.82, 2.24) is 10.1 Å². The van der Waals surface area contributed by atoms with Crippen LogP contribution in [-0.2, 0) is 9.84 Å². The zero-order valence-electron chi connectivity index (χ0n) is 15.5. The molecular formula is C21H19ClN2O4S. The summed E-state index contributed by atoms with van der Waals surface area (Å²) in [7, 11) is -3.46. The molecule has 4 rings (SSSR count). The van der Waals surface area contributed by atoms with Crippen molar-refractivity contribution in [2.24, 2.45) is 0 Å². The van der Waals surface area contributed by atoms with Crippen molar-refractivity contribution in [3.8, 4) is 11.3 Å². The van der Waals surface area contributed by atoms with Gasteiger partial charge in [-0.1, -0.05) is 47.1 Å². The Hall–Kier alpha value is -2.64. The predicted octanol–water partition coefficient (Wildman–Crippen LogP) is 4.07.